The maximum atomic E-state index is 10.8. The van der Waals surface area contributed by atoms with E-state index >= 15 is 0 Å². The third kappa shape index (κ3) is 9.04. The fraction of sp³-hybridized carbons (Fsp3) is 0.917. The van der Waals surface area contributed by atoms with E-state index in [0.717, 1.165) is 18.1 Å². The first-order valence-corrected chi connectivity index (χ1v) is 7.28. The van der Waals surface area contributed by atoms with Crippen molar-refractivity contribution in [3.63, 3.8) is 0 Å². The van der Waals surface area contributed by atoms with Crippen LogP contribution in [0.3, 0.4) is 0 Å². The highest BCUT2D eigenvalue weighted by atomic mass is 32.2. The summed E-state index contributed by atoms with van der Waals surface area (Å²) in [6.45, 7) is 5.42. The Morgan fingerprint density at radius 3 is 2.69 bits per heavy atom. The number of hydrogen-bond acceptors (Lipinski definition) is 4. The average Bonchev–Trinajstić information content (AvgIpc) is 2.31. The van der Waals surface area contributed by atoms with Crippen molar-refractivity contribution < 1.29 is 9.53 Å². The molecule has 16 heavy (non-hydrogen) atoms. The molecule has 0 radical (unpaired) electrons. The monoisotopic (exact) mass is 247 g/mol. The Kier molecular flexibility index (Phi) is 11.1. The summed E-state index contributed by atoms with van der Waals surface area (Å²) in [5.41, 5.74) is 0. The van der Waals surface area contributed by atoms with Crippen molar-refractivity contribution >= 4 is 17.7 Å². The lowest BCUT2D eigenvalue weighted by Gasteiger charge is -2.14. The molecule has 0 aliphatic rings. The zero-order valence-electron chi connectivity index (χ0n) is 10.8. The number of carbonyl (C=O) groups excluding carboxylic acids is 1. The van der Waals surface area contributed by atoms with E-state index in [1.165, 1.54) is 26.4 Å². The molecule has 96 valence electrons. The van der Waals surface area contributed by atoms with Gasteiger partial charge in [-0.1, -0.05) is 13.8 Å². The first kappa shape index (κ1) is 15.8. The van der Waals surface area contributed by atoms with Gasteiger partial charge in [0.25, 0.3) is 0 Å². The van der Waals surface area contributed by atoms with Gasteiger partial charge in [-0.2, -0.15) is 11.8 Å². The lowest BCUT2D eigenvalue weighted by molar-refractivity contribution is -0.140. The van der Waals surface area contributed by atoms with E-state index in [4.69, 9.17) is 0 Å². The van der Waals surface area contributed by atoms with E-state index in [2.05, 4.69) is 23.9 Å². The van der Waals surface area contributed by atoms with Gasteiger partial charge < -0.3 is 10.1 Å². The fourth-order valence-electron chi connectivity index (χ4n) is 1.53. The van der Waals surface area contributed by atoms with E-state index in [0.29, 0.717) is 12.5 Å². The van der Waals surface area contributed by atoms with Crippen LogP contribution >= 0.6 is 11.8 Å². The molecule has 0 aromatic rings. The minimum absolute atomic E-state index is 0.105. The minimum Gasteiger partial charge on any atom is -0.469 e. The molecule has 3 nitrogen and oxygen atoms in total. The van der Waals surface area contributed by atoms with Gasteiger partial charge in [-0.25, -0.2) is 0 Å². The van der Waals surface area contributed by atoms with E-state index < -0.39 is 0 Å². The summed E-state index contributed by atoms with van der Waals surface area (Å²) < 4.78 is 4.58. The highest BCUT2D eigenvalue weighted by molar-refractivity contribution is 7.99. The van der Waals surface area contributed by atoms with Crippen molar-refractivity contribution in [1.82, 2.24) is 5.32 Å². The van der Waals surface area contributed by atoms with E-state index in [1.54, 1.807) is 0 Å². The van der Waals surface area contributed by atoms with Crippen LogP contribution in [0.5, 0.6) is 0 Å². The molecule has 1 unspecified atom stereocenters. The van der Waals surface area contributed by atoms with Gasteiger partial charge >= 0.3 is 5.97 Å². The van der Waals surface area contributed by atoms with Crippen LogP contribution in [0.4, 0.5) is 0 Å². The van der Waals surface area contributed by atoms with Crippen LogP contribution < -0.4 is 5.32 Å². The number of thioether (sulfide) groups is 1. The number of methoxy groups -OCH3 is 1. The zero-order chi connectivity index (χ0) is 12.2. The second-order valence-corrected chi connectivity index (χ2v) is 4.97. The summed E-state index contributed by atoms with van der Waals surface area (Å²) in [4.78, 5) is 10.8. The Morgan fingerprint density at radius 1 is 1.38 bits per heavy atom. The number of hydrogen-bond donors (Lipinski definition) is 1. The zero-order valence-corrected chi connectivity index (χ0v) is 11.6. The first-order chi connectivity index (χ1) is 7.74. The Hall–Kier alpha value is -0.220. The quantitative estimate of drug-likeness (QED) is 0.475. The van der Waals surface area contributed by atoms with E-state index in [-0.39, 0.29) is 5.97 Å². The molecular formula is C12H25NO2S. The van der Waals surface area contributed by atoms with Crippen molar-refractivity contribution in [2.24, 2.45) is 0 Å². The molecule has 0 aliphatic heterocycles. The summed E-state index contributed by atoms with van der Waals surface area (Å²) in [5.74, 6) is 1.91. The molecule has 1 atom stereocenters. The predicted molar refractivity (Wildman–Crippen MR) is 70.9 cm³/mol. The number of esters is 1. The molecule has 0 heterocycles. The molecule has 0 bridgehead atoms. The molecule has 4 heteroatoms. The molecule has 1 N–H and O–H groups in total. The molecule has 0 spiro atoms. The summed E-state index contributed by atoms with van der Waals surface area (Å²) in [6, 6.07) is 0.659. The highest BCUT2D eigenvalue weighted by Crippen LogP contribution is 2.09. The van der Waals surface area contributed by atoms with Gasteiger partial charge in [0.05, 0.1) is 13.5 Å². The molecule has 0 saturated carbocycles. The van der Waals surface area contributed by atoms with Gasteiger partial charge in [0.2, 0.25) is 0 Å². The second kappa shape index (κ2) is 11.3. The number of ether oxygens (including phenoxy) is 1. The topological polar surface area (TPSA) is 38.3 Å². The molecule has 0 aromatic carbocycles. The van der Waals surface area contributed by atoms with Gasteiger partial charge in [0, 0.05) is 11.8 Å². The summed E-state index contributed by atoms with van der Waals surface area (Å²) >= 11 is 1.84. The predicted octanol–water partition coefficient (Wildman–Crippen LogP) is 2.45. The summed E-state index contributed by atoms with van der Waals surface area (Å²) in [5, 5.41) is 3.47. The molecule has 0 amide bonds. The largest absolute Gasteiger partial charge is 0.469 e. The lowest BCUT2D eigenvalue weighted by Crippen LogP contribution is -2.28. The Balaban J connectivity index is 3.28. The maximum absolute atomic E-state index is 10.8. The molecule has 0 aromatic heterocycles. The van der Waals surface area contributed by atoms with Crippen LogP contribution in [-0.4, -0.2) is 37.2 Å². The fourth-order valence-corrected chi connectivity index (χ4v) is 2.42. The van der Waals surface area contributed by atoms with Crippen LogP contribution in [0, 0.1) is 0 Å². The van der Waals surface area contributed by atoms with Crippen molar-refractivity contribution in [2.45, 2.75) is 45.6 Å². The molecule has 0 saturated heterocycles. The Labute approximate surface area is 104 Å². The number of carbonyl (C=O) groups is 1. The average molecular weight is 247 g/mol. The van der Waals surface area contributed by atoms with Crippen LogP contribution in [0.1, 0.15) is 39.5 Å². The van der Waals surface area contributed by atoms with Gasteiger partial charge in [-0.05, 0) is 31.6 Å². The van der Waals surface area contributed by atoms with Crippen molar-refractivity contribution in [3.8, 4) is 0 Å². The molecule has 0 rings (SSSR count). The molecular weight excluding hydrogens is 222 g/mol. The minimum atomic E-state index is -0.105. The summed E-state index contributed by atoms with van der Waals surface area (Å²) in [7, 11) is 1.44. The van der Waals surface area contributed by atoms with Crippen LogP contribution in [0.2, 0.25) is 0 Å². The molecule has 0 aliphatic carbocycles. The Morgan fingerprint density at radius 2 is 2.12 bits per heavy atom. The summed E-state index contributed by atoms with van der Waals surface area (Å²) in [6.07, 6.45) is 4.18. The SMILES string of the molecule is CCNC(CC)CCCSCCC(=O)OC. The van der Waals surface area contributed by atoms with Gasteiger partial charge in [0.15, 0.2) is 0 Å². The number of rotatable bonds is 10. The smallest absolute Gasteiger partial charge is 0.306 e. The highest BCUT2D eigenvalue weighted by Gasteiger charge is 2.04. The second-order valence-electron chi connectivity index (χ2n) is 3.74. The third-order valence-corrected chi connectivity index (χ3v) is 3.58. The van der Waals surface area contributed by atoms with Crippen molar-refractivity contribution in [2.75, 3.05) is 25.2 Å². The Bertz CT molecular complexity index is 176. The third-order valence-electron chi connectivity index (χ3n) is 2.51. The maximum Gasteiger partial charge on any atom is 0.306 e. The lowest BCUT2D eigenvalue weighted by atomic mass is 10.1. The normalized spacial score (nSPS) is 12.4. The van der Waals surface area contributed by atoms with Crippen LogP contribution in [0.25, 0.3) is 0 Å². The number of nitrogens with one attached hydrogen (secondary N) is 1. The first-order valence-electron chi connectivity index (χ1n) is 6.12. The van der Waals surface area contributed by atoms with Crippen LogP contribution in [0.15, 0.2) is 0 Å². The standard InChI is InChI=1S/C12H25NO2S/c1-4-11(13-5-2)7-6-9-16-10-8-12(14)15-3/h11,13H,4-10H2,1-3H3. The van der Waals surface area contributed by atoms with E-state index in [9.17, 15) is 4.79 Å². The van der Waals surface area contributed by atoms with E-state index in [1.807, 2.05) is 11.8 Å². The van der Waals surface area contributed by atoms with Crippen molar-refractivity contribution in [1.29, 1.82) is 0 Å². The van der Waals surface area contributed by atoms with Gasteiger partial charge in [-0.15, -0.1) is 0 Å². The van der Waals surface area contributed by atoms with Gasteiger partial charge in [0.1, 0.15) is 0 Å². The molecule has 0 fully saturated rings. The van der Waals surface area contributed by atoms with Crippen molar-refractivity contribution in [3.05, 3.63) is 0 Å². The van der Waals surface area contributed by atoms with Crippen LogP contribution in [-0.2, 0) is 9.53 Å². The van der Waals surface area contributed by atoms with Gasteiger partial charge in [-0.3, -0.25) is 4.79 Å².